The molecule has 134 valence electrons. The summed E-state index contributed by atoms with van der Waals surface area (Å²) in [5, 5.41) is 5.80. The van der Waals surface area contributed by atoms with E-state index in [2.05, 4.69) is 20.6 Å². The minimum Gasteiger partial charge on any atom is -0.497 e. The Morgan fingerprint density at radius 3 is 2.60 bits per heavy atom. The van der Waals surface area contributed by atoms with E-state index in [0.29, 0.717) is 42.0 Å². The number of aryl methyl sites for hydroxylation is 1. The van der Waals surface area contributed by atoms with Crippen molar-refractivity contribution in [2.24, 2.45) is 0 Å². The predicted molar refractivity (Wildman–Crippen MR) is 94.6 cm³/mol. The molecule has 0 atom stereocenters. The van der Waals surface area contributed by atoms with E-state index < -0.39 is 0 Å². The van der Waals surface area contributed by atoms with Crippen molar-refractivity contribution in [1.29, 1.82) is 0 Å². The van der Waals surface area contributed by atoms with Gasteiger partial charge in [-0.3, -0.25) is 4.79 Å². The fraction of sp³-hybridized carbons (Fsp3) is 0.353. The molecule has 8 nitrogen and oxygen atoms in total. The number of carbonyl (C=O) groups is 1. The second-order valence-electron chi connectivity index (χ2n) is 5.16. The molecule has 1 aromatic heterocycles. The maximum atomic E-state index is 12.5. The number of anilines is 2. The molecule has 2 rings (SSSR count). The van der Waals surface area contributed by atoms with Crippen LogP contribution in [0.5, 0.6) is 11.5 Å². The number of methoxy groups -OCH3 is 3. The Hall–Kier alpha value is -2.87. The van der Waals surface area contributed by atoms with Crippen LogP contribution in [0, 0.1) is 6.92 Å². The van der Waals surface area contributed by atoms with Crippen LogP contribution in [-0.4, -0.2) is 50.4 Å². The van der Waals surface area contributed by atoms with Crippen LogP contribution in [-0.2, 0) is 4.74 Å². The molecule has 2 aromatic rings. The van der Waals surface area contributed by atoms with Crippen molar-refractivity contribution in [2.45, 2.75) is 6.92 Å². The molecule has 8 heteroatoms. The summed E-state index contributed by atoms with van der Waals surface area (Å²) in [5.74, 6) is 1.15. The van der Waals surface area contributed by atoms with Gasteiger partial charge in [-0.15, -0.1) is 0 Å². The predicted octanol–water partition coefficient (Wildman–Crippen LogP) is 2.11. The molecule has 1 heterocycles. The lowest BCUT2D eigenvalue weighted by Gasteiger charge is -2.12. The van der Waals surface area contributed by atoms with Gasteiger partial charge in [-0.1, -0.05) is 0 Å². The van der Waals surface area contributed by atoms with E-state index in [9.17, 15) is 4.79 Å². The first-order valence-corrected chi connectivity index (χ1v) is 7.69. The third-order valence-electron chi connectivity index (χ3n) is 3.33. The Labute approximate surface area is 146 Å². The number of nitrogens with zero attached hydrogens (tertiary/aromatic N) is 2. The molecular formula is C17H22N4O4. The number of amides is 1. The van der Waals surface area contributed by atoms with Crippen molar-refractivity contribution in [3.05, 3.63) is 35.7 Å². The van der Waals surface area contributed by atoms with Gasteiger partial charge < -0.3 is 24.8 Å². The van der Waals surface area contributed by atoms with Crippen molar-refractivity contribution in [3.63, 3.8) is 0 Å². The Balaban J connectivity index is 2.17. The van der Waals surface area contributed by atoms with Crippen LogP contribution in [0.4, 0.5) is 11.6 Å². The summed E-state index contributed by atoms with van der Waals surface area (Å²) in [6, 6.07) is 6.76. The zero-order valence-corrected chi connectivity index (χ0v) is 14.8. The molecule has 0 unspecified atom stereocenters. The van der Waals surface area contributed by atoms with Gasteiger partial charge in [0, 0.05) is 25.4 Å². The van der Waals surface area contributed by atoms with E-state index in [1.807, 2.05) is 0 Å². The number of hydrogen-bond donors (Lipinski definition) is 2. The van der Waals surface area contributed by atoms with Crippen LogP contribution in [0.1, 0.15) is 16.2 Å². The maximum Gasteiger partial charge on any atom is 0.274 e. The van der Waals surface area contributed by atoms with E-state index in [0.717, 1.165) is 0 Å². The Morgan fingerprint density at radius 1 is 1.12 bits per heavy atom. The van der Waals surface area contributed by atoms with Crippen LogP contribution in [0.3, 0.4) is 0 Å². The molecule has 25 heavy (non-hydrogen) atoms. The fourth-order valence-electron chi connectivity index (χ4n) is 2.12. The van der Waals surface area contributed by atoms with Crippen molar-refractivity contribution >= 4 is 17.5 Å². The first kappa shape index (κ1) is 18.5. The molecule has 0 bridgehead atoms. The molecule has 2 N–H and O–H groups in total. The zero-order chi connectivity index (χ0) is 18.2. The molecule has 0 aliphatic carbocycles. The van der Waals surface area contributed by atoms with Crippen LogP contribution in [0.15, 0.2) is 24.3 Å². The molecule has 1 amide bonds. The first-order valence-electron chi connectivity index (χ1n) is 7.69. The Morgan fingerprint density at radius 2 is 1.92 bits per heavy atom. The largest absolute Gasteiger partial charge is 0.497 e. The number of rotatable bonds is 8. The minimum absolute atomic E-state index is 0.255. The molecule has 0 saturated carbocycles. The average Bonchev–Trinajstić information content (AvgIpc) is 2.61. The van der Waals surface area contributed by atoms with Crippen molar-refractivity contribution in [1.82, 2.24) is 9.97 Å². The lowest BCUT2D eigenvalue weighted by Crippen LogP contribution is -2.17. The van der Waals surface area contributed by atoms with Crippen molar-refractivity contribution in [2.75, 3.05) is 45.1 Å². The lowest BCUT2D eigenvalue weighted by atomic mass is 10.2. The molecule has 1 aromatic carbocycles. The van der Waals surface area contributed by atoms with Gasteiger partial charge in [-0.25, -0.2) is 9.97 Å². The molecule has 0 spiro atoms. The number of benzene rings is 1. The topological polar surface area (TPSA) is 94.6 Å². The van der Waals surface area contributed by atoms with Gasteiger partial charge in [0.1, 0.15) is 17.2 Å². The Bertz CT molecular complexity index is 737. The zero-order valence-electron chi connectivity index (χ0n) is 14.8. The summed E-state index contributed by atoms with van der Waals surface area (Å²) in [7, 11) is 4.70. The number of nitrogens with one attached hydrogen (secondary N) is 2. The van der Waals surface area contributed by atoms with Crippen LogP contribution < -0.4 is 20.1 Å². The molecule has 0 saturated heterocycles. The van der Waals surface area contributed by atoms with E-state index >= 15 is 0 Å². The number of hydrogen-bond acceptors (Lipinski definition) is 7. The summed E-state index contributed by atoms with van der Waals surface area (Å²) < 4.78 is 15.4. The number of ether oxygens (including phenoxy) is 3. The number of aromatic nitrogens is 2. The summed E-state index contributed by atoms with van der Waals surface area (Å²) in [5.41, 5.74) is 1.46. The molecule has 0 aliphatic heterocycles. The van der Waals surface area contributed by atoms with E-state index in [4.69, 9.17) is 14.2 Å². The van der Waals surface area contributed by atoms with E-state index in [1.165, 1.54) is 7.11 Å². The SMILES string of the molecule is COCCNc1nc(C)cc(C(=O)Nc2ccc(OC)cc2OC)n1. The maximum absolute atomic E-state index is 12.5. The standard InChI is InChI=1S/C17H22N4O4/c1-11-9-14(21-17(19-11)18-7-8-23-2)16(22)20-13-6-5-12(24-3)10-15(13)25-4/h5-6,9-10H,7-8H2,1-4H3,(H,20,22)(H,18,19,21). The summed E-state index contributed by atoms with van der Waals surface area (Å²) in [6.07, 6.45) is 0. The third kappa shape index (κ3) is 5.05. The molecule has 0 fully saturated rings. The van der Waals surface area contributed by atoms with Gasteiger partial charge in [0.25, 0.3) is 5.91 Å². The minimum atomic E-state index is -0.358. The average molecular weight is 346 g/mol. The first-order chi connectivity index (χ1) is 12.1. The quantitative estimate of drug-likeness (QED) is 0.707. The highest BCUT2D eigenvalue weighted by Gasteiger charge is 2.14. The number of carbonyl (C=O) groups excluding carboxylic acids is 1. The van der Waals surface area contributed by atoms with E-state index in [1.54, 1.807) is 45.4 Å². The molecular weight excluding hydrogens is 324 g/mol. The Kier molecular flexibility index (Phi) is 6.53. The van der Waals surface area contributed by atoms with Crippen LogP contribution in [0.2, 0.25) is 0 Å². The van der Waals surface area contributed by atoms with Gasteiger partial charge in [-0.2, -0.15) is 0 Å². The monoisotopic (exact) mass is 346 g/mol. The highest BCUT2D eigenvalue weighted by Crippen LogP contribution is 2.29. The van der Waals surface area contributed by atoms with Crippen LogP contribution >= 0.6 is 0 Å². The second kappa shape index (κ2) is 8.84. The normalized spacial score (nSPS) is 10.2. The summed E-state index contributed by atoms with van der Waals surface area (Å²) in [4.78, 5) is 21.0. The van der Waals surface area contributed by atoms with E-state index in [-0.39, 0.29) is 11.6 Å². The highest BCUT2D eigenvalue weighted by molar-refractivity contribution is 6.04. The van der Waals surface area contributed by atoms with Gasteiger partial charge in [0.15, 0.2) is 0 Å². The van der Waals surface area contributed by atoms with Crippen molar-refractivity contribution in [3.8, 4) is 11.5 Å². The molecule has 0 radical (unpaired) electrons. The smallest absolute Gasteiger partial charge is 0.274 e. The van der Waals surface area contributed by atoms with Gasteiger partial charge in [-0.05, 0) is 25.1 Å². The highest BCUT2D eigenvalue weighted by atomic mass is 16.5. The van der Waals surface area contributed by atoms with Gasteiger partial charge in [0.05, 0.1) is 26.5 Å². The second-order valence-corrected chi connectivity index (χ2v) is 5.16. The third-order valence-corrected chi connectivity index (χ3v) is 3.33. The van der Waals surface area contributed by atoms with Gasteiger partial charge >= 0.3 is 0 Å². The molecule has 0 aliphatic rings. The van der Waals surface area contributed by atoms with Crippen molar-refractivity contribution < 1.29 is 19.0 Å². The van der Waals surface area contributed by atoms with Crippen LogP contribution in [0.25, 0.3) is 0 Å². The summed E-state index contributed by atoms with van der Waals surface area (Å²) >= 11 is 0. The summed E-state index contributed by atoms with van der Waals surface area (Å²) in [6.45, 7) is 2.86. The lowest BCUT2D eigenvalue weighted by molar-refractivity contribution is 0.102. The fourth-order valence-corrected chi connectivity index (χ4v) is 2.12. The van der Waals surface area contributed by atoms with Gasteiger partial charge in [0.2, 0.25) is 5.95 Å².